The molecule has 5 heteroatoms. The molecule has 5 nitrogen and oxygen atoms in total. The zero-order valence-corrected chi connectivity index (χ0v) is 12.3. The first kappa shape index (κ1) is 15.3. The van der Waals surface area contributed by atoms with E-state index in [-0.39, 0.29) is 11.9 Å². The molecule has 1 amide bonds. The first-order valence-corrected chi connectivity index (χ1v) is 7.36. The fourth-order valence-corrected chi connectivity index (χ4v) is 2.47. The van der Waals surface area contributed by atoms with Crippen LogP contribution in [0.15, 0.2) is 24.3 Å². The second-order valence-corrected chi connectivity index (χ2v) is 5.14. The zero-order valence-electron chi connectivity index (χ0n) is 12.3. The normalized spacial score (nSPS) is 16.2. The highest BCUT2D eigenvalue weighted by Crippen LogP contribution is 2.14. The Kier molecular flexibility index (Phi) is 5.59. The van der Waals surface area contributed by atoms with Crippen molar-refractivity contribution in [2.24, 2.45) is 0 Å². The minimum Gasteiger partial charge on any atom is -0.494 e. The zero-order chi connectivity index (χ0) is 15.1. The molecule has 1 aliphatic rings. The van der Waals surface area contributed by atoms with Gasteiger partial charge in [-0.2, -0.15) is 5.26 Å². The van der Waals surface area contributed by atoms with Crippen LogP contribution in [-0.4, -0.2) is 43.1 Å². The first-order chi connectivity index (χ1) is 10.2. The number of nitrogens with one attached hydrogen (secondary N) is 1. The van der Waals surface area contributed by atoms with Crippen LogP contribution in [0.4, 0.5) is 0 Å². The van der Waals surface area contributed by atoms with E-state index in [0.717, 1.165) is 31.7 Å². The van der Waals surface area contributed by atoms with Crippen LogP contribution in [0.25, 0.3) is 0 Å². The number of hydrogen-bond acceptors (Lipinski definition) is 4. The van der Waals surface area contributed by atoms with Crippen LogP contribution >= 0.6 is 0 Å². The van der Waals surface area contributed by atoms with Gasteiger partial charge in [0, 0.05) is 24.7 Å². The molecule has 1 saturated heterocycles. The third-order valence-corrected chi connectivity index (χ3v) is 3.64. The summed E-state index contributed by atoms with van der Waals surface area (Å²) in [5.74, 6) is 0.732. The van der Waals surface area contributed by atoms with Gasteiger partial charge in [-0.15, -0.1) is 0 Å². The number of hydrogen-bond donors (Lipinski definition) is 1. The molecule has 1 aromatic rings. The summed E-state index contributed by atoms with van der Waals surface area (Å²) in [5.41, 5.74) is 0.651. The van der Waals surface area contributed by atoms with Crippen molar-refractivity contribution < 1.29 is 9.53 Å². The highest BCUT2D eigenvalue weighted by atomic mass is 16.5. The van der Waals surface area contributed by atoms with E-state index in [9.17, 15) is 4.79 Å². The summed E-state index contributed by atoms with van der Waals surface area (Å²) in [7, 11) is 0. The van der Waals surface area contributed by atoms with E-state index in [4.69, 9.17) is 10.00 Å². The molecule has 1 aromatic carbocycles. The second kappa shape index (κ2) is 7.65. The maximum atomic E-state index is 12.2. The van der Waals surface area contributed by atoms with E-state index < -0.39 is 0 Å². The molecule has 1 aliphatic heterocycles. The molecule has 0 saturated carbocycles. The first-order valence-electron chi connectivity index (χ1n) is 7.36. The third-order valence-electron chi connectivity index (χ3n) is 3.64. The number of likely N-dealkylation sites (tertiary alicyclic amines) is 1. The Hall–Kier alpha value is -2.06. The fourth-order valence-electron chi connectivity index (χ4n) is 2.47. The molecule has 1 fully saturated rings. The summed E-state index contributed by atoms with van der Waals surface area (Å²) in [4.78, 5) is 14.3. The third kappa shape index (κ3) is 4.47. The number of benzene rings is 1. The summed E-state index contributed by atoms with van der Waals surface area (Å²) in [6.07, 6.45) is 1.79. The predicted octanol–water partition coefficient (Wildman–Crippen LogP) is 1.80. The molecule has 2 rings (SSSR count). The SMILES string of the molecule is CCOc1ccc(C(=O)NC2CCN(CC#N)CC2)cc1. The molecule has 0 atom stereocenters. The molecular formula is C16H21N3O2. The van der Waals surface area contributed by atoms with E-state index in [1.165, 1.54) is 0 Å². The standard InChI is InChI=1S/C16H21N3O2/c1-2-21-15-5-3-13(4-6-15)16(20)18-14-7-10-19(11-8-14)12-9-17/h3-6,14H,2,7-8,10-12H2,1H3,(H,18,20). The summed E-state index contributed by atoms with van der Waals surface area (Å²) in [6.45, 7) is 4.75. The van der Waals surface area contributed by atoms with Crippen LogP contribution in [-0.2, 0) is 0 Å². The molecule has 0 bridgehead atoms. The van der Waals surface area contributed by atoms with Crippen molar-refractivity contribution >= 4 is 5.91 Å². The van der Waals surface area contributed by atoms with Crippen LogP contribution in [0, 0.1) is 11.3 Å². The molecule has 0 aromatic heterocycles. The topological polar surface area (TPSA) is 65.4 Å². The Morgan fingerprint density at radius 3 is 2.62 bits per heavy atom. The molecule has 112 valence electrons. The van der Waals surface area contributed by atoms with Crippen molar-refractivity contribution in [3.05, 3.63) is 29.8 Å². The van der Waals surface area contributed by atoms with Gasteiger partial charge in [-0.3, -0.25) is 9.69 Å². The number of nitrogens with zero attached hydrogens (tertiary/aromatic N) is 2. The second-order valence-electron chi connectivity index (χ2n) is 5.14. The summed E-state index contributed by atoms with van der Waals surface area (Å²) in [5, 5.41) is 11.7. The van der Waals surface area contributed by atoms with Crippen LogP contribution in [0.2, 0.25) is 0 Å². The Morgan fingerprint density at radius 1 is 1.38 bits per heavy atom. The Labute approximate surface area is 125 Å². The van der Waals surface area contributed by atoms with Crippen molar-refractivity contribution in [2.45, 2.75) is 25.8 Å². The van der Waals surface area contributed by atoms with E-state index in [1.807, 2.05) is 19.1 Å². The minimum atomic E-state index is -0.0446. The Morgan fingerprint density at radius 2 is 2.05 bits per heavy atom. The van der Waals surface area contributed by atoms with Gasteiger partial charge in [-0.05, 0) is 44.0 Å². The van der Waals surface area contributed by atoms with Gasteiger partial charge in [-0.25, -0.2) is 0 Å². The van der Waals surface area contributed by atoms with Gasteiger partial charge in [0.25, 0.3) is 5.91 Å². The van der Waals surface area contributed by atoms with Crippen LogP contribution in [0.5, 0.6) is 5.75 Å². The number of piperidine rings is 1. The van der Waals surface area contributed by atoms with Crippen LogP contribution in [0.1, 0.15) is 30.1 Å². The van der Waals surface area contributed by atoms with Crippen molar-refractivity contribution in [1.82, 2.24) is 10.2 Å². The van der Waals surface area contributed by atoms with Gasteiger partial charge < -0.3 is 10.1 Å². The largest absolute Gasteiger partial charge is 0.494 e. The van der Waals surface area contributed by atoms with Gasteiger partial charge in [0.05, 0.1) is 19.2 Å². The van der Waals surface area contributed by atoms with Crippen molar-refractivity contribution in [2.75, 3.05) is 26.2 Å². The van der Waals surface area contributed by atoms with E-state index in [2.05, 4.69) is 16.3 Å². The quantitative estimate of drug-likeness (QED) is 0.839. The van der Waals surface area contributed by atoms with E-state index in [1.54, 1.807) is 12.1 Å². The highest BCUT2D eigenvalue weighted by molar-refractivity contribution is 5.94. The number of carbonyl (C=O) groups is 1. The summed E-state index contributed by atoms with van der Waals surface area (Å²) in [6, 6.07) is 9.55. The monoisotopic (exact) mass is 287 g/mol. The van der Waals surface area contributed by atoms with Gasteiger partial charge in [-0.1, -0.05) is 0 Å². The lowest BCUT2D eigenvalue weighted by Crippen LogP contribution is -2.44. The number of ether oxygens (including phenoxy) is 1. The van der Waals surface area contributed by atoms with E-state index >= 15 is 0 Å². The summed E-state index contributed by atoms with van der Waals surface area (Å²) < 4.78 is 5.36. The van der Waals surface area contributed by atoms with Gasteiger partial charge in [0.1, 0.15) is 5.75 Å². The number of nitriles is 1. The van der Waals surface area contributed by atoms with Crippen molar-refractivity contribution in [3.8, 4) is 11.8 Å². The molecule has 1 N–H and O–H groups in total. The van der Waals surface area contributed by atoms with E-state index in [0.29, 0.717) is 18.7 Å². The Balaban J connectivity index is 1.83. The molecule has 21 heavy (non-hydrogen) atoms. The fraction of sp³-hybridized carbons (Fsp3) is 0.500. The molecular weight excluding hydrogens is 266 g/mol. The number of carbonyl (C=O) groups excluding carboxylic acids is 1. The highest BCUT2D eigenvalue weighted by Gasteiger charge is 2.20. The maximum absolute atomic E-state index is 12.2. The smallest absolute Gasteiger partial charge is 0.251 e. The maximum Gasteiger partial charge on any atom is 0.251 e. The summed E-state index contributed by atoms with van der Waals surface area (Å²) >= 11 is 0. The lowest BCUT2D eigenvalue weighted by atomic mass is 10.0. The van der Waals surface area contributed by atoms with Crippen LogP contribution < -0.4 is 10.1 Å². The lowest BCUT2D eigenvalue weighted by molar-refractivity contribution is 0.0914. The molecule has 0 aliphatic carbocycles. The van der Waals surface area contributed by atoms with Gasteiger partial charge >= 0.3 is 0 Å². The van der Waals surface area contributed by atoms with Gasteiger partial charge in [0.2, 0.25) is 0 Å². The average Bonchev–Trinajstić information content (AvgIpc) is 2.50. The number of rotatable bonds is 5. The van der Waals surface area contributed by atoms with Gasteiger partial charge in [0.15, 0.2) is 0 Å². The average molecular weight is 287 g/mol. The Bertz CT molecular complexity index is 499. The molecule has 1 heterocycles. The molecule has 0 spiro atoms. The van der Waals surface area contributed by atoms with Crippen LogP contribution in [0.3, 0.4) is 0 Å². The molecule has 0 unspecified atom stereocenters. The molecule has 0 radical (unpaired) electrons. The van der Waals surface area contributed by atoms with Crippen molar-refractivity contribution in [1.29, 1.82) is 5.26 Å². The van der Waals surface area contributed by atoms with Crippen molar-refractivity contribution in [3.63, 3.8) is 0 Å². The minimum absolute atomic E-state index is 0.0446. The number of amides is 1. The lowest BCUT2D eigenvalue weighted by Gasteiger charge is -2.30. The predicted molar refractivity (Wildman–Crippen MR) is 80.2 cm³/mol.